The Morgan fingerprint density at radius 3 is 2.19 bits per heavy atom. The van der Waals surface area contributed by atoms with Gasteiger partial charge >= 0.3 is 17.9 Å². The lowest BCUT2D eigenvalue weighted by Gasteiger charge is -2.40. The predicted octanol–water partition coefficient (Wildman–Crippen LogP) is 2.07. The van der Waals surface area contributed by atoms with Gasteiger partial charge in [0.05, 0.1) is 13.2 Å². The van der Waals surface area contributed by atoms with Crippen molar-refractivity contribution in [2.24, 2.45) is 0 Å². The normalized spacial score (nSPS) is 25.0. The summed E-state index contributed by atoms with van der Waals surface area (Å²) in [5.74, 6) is -1.76. The zero-order chi connectivity index (χ0) is 20.2. The van der Waals surface area contributed by atoms with Crippen molar-refractivity contribution in [3.05, 3.63) is 24.8 Å². The molecule has 4 atom stereocenters. The highest BCUT2D eigenvalue weighted by Gasteiger charge is 2.47. The van der Waals surface area contributed by atoms with E-state index in [1.807, 2.05) is 18.2 Å². The van der Waals surface area contributed by atoms with Crippen molar-refractivity contribution < 1.29 is 38.1 Å². The summed E-state index contributed by atoms with van der Waals surface area (Å²) in [6, 6.07) is 0. The number of rotatable bonds is 10. The fourth-order valence-electron chi connectivity index (χ4n) is 2.57. The van der Waals surface area contributed by atoms with E-state index < -0.39 is 42.5 Å². The van der Waals surface area contributed by atoms with Crippen LogP contribution in [-0.4, -0.2) is 55.7 Å². The topological polar surface area (TPSA) is 97.4 Å². The molecule has 152 valence electrons. The predicted molar refractivity (Wildman–Crippen MR) is 95.5 cm³/mol. The van der Waals surface area contributed by atoms with Gasteiger partial charge in [0.15, 0.2) is 24.6 Å². The largest absolute Gasteiger partial charge is 0.456 e. The molecule has 1 rings (SSSR count). The molecule has 0 aromatic carbocycles. The van der Waals surface area contributed by atoms with E-state index >= 15 is 0 Å². The van der Waals surface area contributed by atoms with Crippen LogP contribution in [0.2, 0.25) is 0 Å². The smallest absolute Gasteiger partial charge is 0.303 e. The Hall–Kier alpha value is -2.19. The van der Waals surface area contributed by atoms with Gasteiger partial charge in [0.25, 0.3) is 0 Å². The third-order valence-electron chi connectivity index (χ3n) is 3.61. The van der Waals surface area contributed by atoms with E-state index in [0.717, 1.165) is 19.3 Å². The lowest BCUT2D eigenvalue weighted by Crippen LogP contribution is -2.58. The van der Waals surface area contributed by atoms with Crippen LogP contribution in [0.1, 0.15) is 40.0 Å². The molecule has 8 heteroatoms. The molecular weight excluding hydrogens is 356 g/mol. The Kier molecular flexibility index (Phi) is 10.4. The first-order valence-corrected chi connectivity index (χ1v) is 8.86. The van der Waals surface area contributed by atoms with Gasteiger partial charge in [-0.05, 0) is 19.3 Å². The van der Waals surface area contributed by atoms with Gasteiger partial charge in [-0.15, -0.1) is 6.58 Å². The Bertz CT molecular complexity index is 542. The third-order valence-corrected chi connectivity index (χ3v) is 3.61. The quantitative estimate of drug-likeness (QED) is 0.244. The molecule has 0 amide bonds. The summed E-state index contributed by atoms with van der Waals surface area (Å²) in [6.07, 6.45) is 4.55. The molecule has 8 nitrogen and oxygen atoms in total. The van der Waals surface area contributed by atoms with E-state index in [2.05, 4.69) is 6.58 Å². The van der Waals surface area contributed by atoms with Gasteiger partial charge in [0.2, 0.25) is 0 Å². The Morgan fingerprint density at radius 1 is 0.963 bits per heavy atom. The monoisotopic (exact) mass is 384 g/mol. The van der Waals surface area contributed by atoms with Crippen LogP contribution in [0.5, 0.6) is 0 Å². The third kappa shape index (κ3) is 8.83. The van der Waals surface area contributed by atoms with Crippen molar-refractivity contribution in [1.82, 2.24) is 0 Å². The van der Waals surface area contributed by atoms with Crippen molar-refractivity contribution in [3.63, 3.8) is 0 Å². The first-order valence-electron chi connectivity index (χ1n) is 8.86. The molecule has 0 aliphatic carbocycles. The van der Waals surface area contributed by atoms with E-state index in [-0.39, 0.29) is 13.2 Å². The molecule has 0 bridgehead atoms. The molecule has 1 heterocycles. The standard InChI is InChI=1S/C19H28O8/c1-5-6-7-8-9-10-11-23-19-18(27-15(4)22)17(26-14(3)21)16(12-24-19)25-13(2)20/h5,9-10,16-19H,1,6-8,11-12H2,2-4H3/b10-9+/t16-,17-,18+,19-/m0/s1. The SMILES string of the molecule is C=CCCC/C=C/CO[C@H]1OC[C@H](OC(C)=O)[C@H](OC(C)=O)[C@H]1OC(C)=O. The van der Waals surface area contributed by atoms with Crippen LogP contribution in [-0.2, 0) is 38.1 Å². The van der Waals surface area contributed by atoms with Crippen LogP contribution in [0.25, 0.3) is 0 Å². The maximum Gasteiger partial charge on any atom is 0.303 e. The Balaban J connectivity index is 2.77. The number of ether oxygens (including phenoxy) is 5. The van der Waals surface area contributed by atoms with E-state index in [0.29, 0.717) is 0 Å². The molecule has 0 unspecified atom stereocenters. The zero-order valence-electron chi connectivity index (χ0n) is 16.1. The molecule has 27 heavy (non-hydrogen) atoms. The van der Waals surface area contributed by atoms with Gasteiger partial charge in [0, 0.05) is 20.8 Å². The highest BCUT2D eigenvalue weighted by Crippen LogP contribution is 2.25. The minimum Gasteiger partial charge on any atom is -0.456 e. The second-order valence-corrected chi connectivity index (χ2v) is 6.02. The molecule has 1 saturated heterocycles. The van der Waals surface area contributed by atoms with Crippen molar-refractivity contribution in [2.75, 3.05) is 13.2 Å². The van der Waals surface area contributed by atoms with E-state index in [1.54, 1.807) is 0 Å². The molecule has 0 saturated carbocycles. The van der Waals surface area contributed by atoms with Gasteiger partial charge in [-0.2, -0.15) is 0 Å². The van der Waals surface area contributed by atoms with Crippen LogP contribution < -0.4 is 0 Å². The fraction of sp³-hybridized carbons (Fsp3) is 0.632. The van der Waals surface area contributed by atoms with Gasteiger partial charge in [0.1, 0.15) is 0 Å². The molecule has 0 aromatic rings. The average Bonchev–Trinajstić information content (AvgIpc) is 2.57. The number of allylic oxidation sites excluding steroid dienone is 2. The Labute approximate surface area is 159 Å². The van der Waals surface area contributed by atoms with Crippen molar-refractivity contribution in [1.29, 1.82) is 0 Å². The number of carbonyl (C=O) groups excluding carboxylic acids is 3. The second kappa shape index (κ2) is 12.2. The molecular formula is C19H28O8. The average molecular weight is 384 g/mol. The van der Waals surface area contributed by atoms with Crippen LogP contribution >= 0.6 is 0 Å². The Morgan fingerprint density at radius 2 is 1.59 bits per heavy atom. The van der Waals surface area contributed by atoms with Crippen molar-refractivity contribution in [2.45, 2.75) is 64.6 Å². The summed E-state index contributed by atoms with van der Waals surface area (Å²) in [5, 5.41) is 0. The van der Waals surface area contributed by atoms with Crippen molar-refractivity contribution >= 4 is 17.9 Å². The summed E-state index contributed by atoms with van der Waals surface area (Å²) in [4.78, 5) is 34.3. The number of carbonyl (C=O) groups is 3. The minimum absolute atomic E-state index is 0.0526. The fourth-order valence-corrected chi connectivity index (χ4v) is 2.57. The summed E-state index contributed by atoms with van der Waals surface area (Å²) >= 11 is 0. The molecule has 1 aliphatic heterocycles. The first kappa shape index (κ1) is 22.9. The van der Waals surface area contributed by atoms with Gasteiger partial charge < -0.3 is 23.7 Å². The maximum atomic E-state index is 11.5. The maximum absolute atomic E-state index is 11.5. The van der Waals surface area contributed by atoms with Gasteiger partial charge in [-0.25, -0.2) is 0 Å². The summed E-state index contributed by atoms with van der Waals surface area (Å²) < 4.78 is 26.8. The number of esters is 3. The van der Waals surface area contributed by atoms with Crippen LogP contribution in [0.4, 0.5) is 0 Å². The number of hydrogen-bond donors (Lipinski definition) is 0. The van der Waals surface area contributed by atoms with E-state index in [4.69, 9.17) is 23.7 Å². The van der Waals surface area contributed by atoms with Crippen LogP contribution in [0.15, 0.2) is 24.8 Å². The summed E-state index contributed by atoms with van der Waals surface area (Å²) in [5.41, 5.74) is 0. The molecule has 0 N–H and O–H groups in total. The van der Waals surface area contributed by atoms with Crippen LogP contribution in [0, 0.1) is 0 Å². The van der Waals surface area contributed by atoms with Gasteiger partial charge in [-0.3, -0.25) is 14.4 Å². The number of unbranched alkanes of at least 4 members (excludes halogenated alkanes) is 2. The number of hydrogen-bond acceptors (Lipinski definition) is 8. The lowest BCUT2D eigenvalue weighted by atomic mass is 10.0. The van der Waals surface area contributed by atoms with E-state index in [9.17, 15) is 14.4 Å². The summed E-state index contributed by atoms with van der Waals surface area (Å²) in [7, 11) is 0. The highest BCUT2D eigenvalue weighted by atomic mass is 16.7. The molecule has 0 radical (unpaired) electrons. The lowest BCUT2D eigenvalue weighted by molar-refractivity contribution is -0.278. The van der Waals surface area contributed by atoms with Crippen molar-refractivity contribution in [3.8, 4) is 0 Å². The van der Waals surface area contributed by atoms with Gasteiger partial charge in [-0.1, -0.05) is 18.2 Å². The molecule has 1 fully saturated rings. The minimum atomic E-state index is -1.06. The van der Waals surface area contributed by atoms with Crippen LogP contribution in [0.3, 0.4) is 0 Å². The zero-order valence-corrected chi connectivity index (χ0v) is 16.1. The van der Waals surface area contributed by atoms with E-state index in [1.165, 1.54) is 20.8 Å². The molecule has 1 aliphatic rings. The second-order valence-electron chi connectivity index (χ2n) is 6.02. The highest BCUT2D eigenvalue weighted by molar-refractivity contribution is 5.68. The summed E-state index contributed by atoms with van der Waals surface area (Å²) in [6.45, 7) is 7.50. The first-order chi connectivity index (χ1) is 12.8. The molecule has 0 spiro atoms. The molecule has 0 aromatic heterocycles.